The van der Waals surface area contributed by atoms with E-state index in [1.165, 1.54) is 11.1 Å². The van der Waals surface area contributed by atoms with Crippen molar-refractivity contribution < 1.29 is 4.42 Å². The predicted octanol–water partition coefficient (Wildman–Crippen LogP) is 2.81. The van der Waals surface area contributed by atoms with Crippen LogP contribution in [0.5, 0.6) is 0 Å². The SMILES string of the molecule is CC1(C)CCC(c2ccoc2)=CC1N. The third kappa shape index (κ3) is 1.62. The van der Waals surface area contributed by atoms with Gasteiger partial charge in [-0.15, -0.1) is 0 Å². The van der Waals surface area contributed by atoms with Crippen LogP contribution < -0.4 is 5.73 Å². The van der Waals surface area contributed by atoms with E-state index in [1.807, 2.05) is 6.07 Å². The summed E-state index contributed by atoms with van der Waals surface area (Å²) < 4.78 is 5.07. The molecule has 0 bridgehead atoms. The summed E-state index contributed by atoms with van der Waals surface area (Å²) in [4.78, 5) is 0. The topological polar surface area (TPSA) is 39.2 Å². The molecule has 1 aromatic heterocycles. The Morgan fingerprint density at radius 3 is 2.86 bits per heavy atom. The van der Waals surface area contributed by atoms with Crippen LogP contribution in [0.3, 0.4) is 0 Å². The lowest BCUT2D eigenvalue weighted by molar-refractivity contribution is 0.292. The van der Waals surface area contributed by atoms with E-state index in [0.717, 1.165) is 12.8 Å². The molecule has 1 aliphatic carbocycles. The van der Waals surface area contributed by atoms with E-state index >= 15 is 0 Å². The minimum Gasteiger partial charge on any atom is -0.472 e. The second-order valence-electron chi connectivity index (χ2n) is 4.72. The van der Waals surface area contributed by atoms with E-state index < -0.39 is 0 Å². The summed E-state index contributed by atoms with van der Waals surface area (Å²) in [6.07, 6.45) is 7.91. The van der Waals surface area contributed by atoms with Crippen LogP contribution in [0, 0.1) is 5.41 Å². The van der Waals surface area contributed by atoms with Gasteiger partial charge in [0, 0.05) is 11.6 Å². The Bertz CT molecular complexity index is 335. The van der Waals surface area contributed by atoms with Gasteiger partial charge in [-0.3, -0.25) is 0 Å². The molecule has 0 aromatic carbocycles. The molecule has 0 saturated heterocycles. The summed E-state index contributed by atoms with van der Waals surface area (Å²) >= 11 is 0. The van der Waals surface area contributed by atoms with Crippen LogP contribution in [0.1, 0.15) is 32.3 Å². The van der Waals surface area contributed by atoms with E-state index in [2.05, 4.69) is 19.9 Å². The quantitative estimate of drug-likeness (QED) is 0.741. The van der Waals surface area contributed by atoms with E-state index in [-0.39, 0.29) is 11.5 Å². The third-order valence-electron chi connectivity index (χ3n) is 3.21. The highest BCUT2D eigenvalue weighted by Gasteiger charge is 2.29. The van der Waals surface area contributed by atoms with Gasteiger partial charge in [-0.1, -0.05) is 19.9 Å². The average molecular weight is 191 g/mol. The van der Waals surface area contributed by atoms with Gasteiger partial charge in [0.15, 0.2) is 0 Å². The first-order valence-corrected chi connectivity index (χ1v) is 5.08. The number of rotatable bonds is 1. The van der Waals surface area contributed by atoms with Crippen LogP contribution in [0.25, 0.3) is 5.57 Å². The van der Waals surface area contributed by atoms with Crippen molar-refractivity contribution in [3.63, 3.8) is 0 Å². The number of hydrogen-bond acceptors (Lipinski definition) is 2. The Balaban J connectivity index is 2.25. The van der Waals surface area contributed by atoms with E-state index in [4.69, 9.17) is 10.2 Å². The van der Waals surface area contributed by atoms with Crippen molar-refractivity contribution in [3.8, 4) is 0 Å². The molecule has 0 radical (unpaired) electrons. The van der Waals surface area contributed by atoms with Gasteiger partial charge in [0.05, 0.1) is 12.5 Å². The fourth-order valence-electron chi connectivity index (χ4n) is 1.84. The molecule has 14 heavy (non-hydrogen) atoms. The molecule has 2 rings (SSSR count). The third-order valence-corrected chi connectivity index (χ3v) is 3.21. The maximum atomic E-state index is 6.10. The molecule has 0 spiro atoms. The van der Waals surface area contributed by atoms with Crippen LogP contribution in [-0.4, -0.2) is 6.04 Å². The monoisotopic (exact) mass is 191 g/mol. The summed E-state index contributed by atoms with van der Waals surface area (Å²) in [7, 11) is 0. The highest BCUT2D eigenvalue weighted by atomic mass is 16.3. The van der Waals surface area contributed by atoms with Crippen LogP contribution in [0.15, 0.2) is 29.1 Å². The van der Waals surface area contributed by atoms with Gasteiger partial charge in [-0.05, 0) is 29.9 Å². The van der Waals surface area contributed by atoms with E-state index in [9.17, 15) is 0 Å². The Labute approximate surface area is 84.8 Å². The molecule has 1 atom stereocenters. The van der Waals surface area contributed by atoms with Crippen LogP contribution >= 0.6 is 0 Å². The molecule has 1 aromatic rings. The van der Waals surface area contributed by atoms with Crippen LogP contribution in [0.4, 0.5) is 0 Å². The minimum atomic E-state index is 0.154. The first kappa shape index (κ1) is 9.53. The molecule has 2 heteroatoms. The second kappa shape index (κ2) is 3.28. The molecule has 0 saturated carbocycles. The highest BCUT2D eigenvalue weighted by Crippen LogP contribution is 2.37. The Morgan fingerprint density at radius 2 is 2.29 bits per heavy atom. The molecular weight excluding hydrogens is 174 g/mol. The number of nitrogens with two attached hydrogens (primary N) is 1. The maximum Gasteiger partial charge on any atom is 0.0977 e. The number of furan rings is 1. The molecule has 1 unspecified atom stereocenters. The lowest BCUT2D eigenvalue weighted by atomic mass is 9.74. The molecule has 76 valence electrons. The van der Waals surface area contributed by atoms with Gasteiger partial charge < -0.3 is 10.2 Å². The predicted molar refractivity (Wildman–Crippen MR) is 57.7 cm³/mol. The summed E-state index contributed by atoms with van der Waals surface area (Å²) in [6.45, 7) is 4.45. The normalized spacial score (nSPS) is 25.9. The van der Waals surface area contributed by atoms with Gasteiger partial charge in [-0.2, -0.15) is 0 Å². The van der Waals surface area contributed by atoms with E-state index in [0.29, 0.717) is 0 Å². The zero-order chi connectivity index (χ0) is 10.2. The van der Waals surface area contributed by atoms with Crippen molar-refractivity contribution in [3.05, 3.63) is 30.2 Å². The fourth-order valence-corrected chi connectivity index (χ4v) is 1.84. The summed E-state index contributed by atoms with van der Waals surface area (Å²) in [5.74, 6) is 0. The molecule has 0 aliphatic heterocycles. The number of allylic oxidation sites excluding steroid dienone is 1. The Kier molecular flexibility index (Phi) is 2.23. The summed E-state index contributed by atoms with van der Waals surface area (Å²) in [5.41, 5.74) is 8.83. The summed E-state index contributed by atoms with van der Waals surface area (Å²) in [6, 6.07) is 2.15. The average Bonchev–Trinajstić information content (AvgIpc) is 2.62. The maximum absolute atomic E-state index is 6.10. The minimum absolute atomic E-state index is 0.154. The van der Waals surface area contributed by atoms with Crippen LogP contribution in [-0.2, 0) is 0 Å². The van der Waals surface area contributed by atoms with Crippen molar-refractivity contribution in [2.24, 2.45) is 11.1 Å². The zero-order valence-corrected chi connectivity index (χ0v) is 8.79. The smallest absolute Gasteiger partial charge is 0.0977 e. The molecule has 2 nitrogen and oxygen atoms in total. The van der Waals surface area contributed by atoms with Crippen molar-refractivity contribution in [1.82, 2.24) is 0 Å². The largest absolute Gasteiger partial charge is 0.472 e. The highest BCUT2D eigenvalue weighted by molar-refractivity contribution is 5.66. The molecule has 0 fully saturated rings. The molecule has 1 aliphatic rings. The Hall–Kier alpha value is -1.02. The fraction of sp³-hybridized carbons (Fsp3) is 0.500. The Morgan fingerprint density at radius 1 is 1.50 bits per heavy atom. The standard InChI is InChI=1S/C12H17NO/c1-12(2)5-3-9(7-11(12)13)10-4-6-14-8-10/h4,6-8,11H,3,5,13H2,1-2H3. The second-order valence-corrected chi connectivity index (χ2v) is 4.72. The van der Waals surface area contributed by atoms with Gasteiger partial charge in [0.25, 0.3) is 0 Å². The molecule has 2 N–H and O–H groups in total. The molecule has 0 amide bonds. The first-order chi connectivity index (χ1) is 6.59. The molecular formula is C12H17NO. The summed E-state index contributed by atoms with van der Waals surface area (Å²) in [5, 5.41) is 0. The van der Waals surface area contributed by atoms with Gasteiger partial charge >= 0.3 is 0 Å². The van der Waals surface area contributed by atoms with Crippen molar-refractivity contribution in [1.29, 1.82) is 0 Å². The molecule has 1 heterocycles. The lowest BCUT2D eigenvalue weighted by Crippen LogP contribution is -2.38. The van der Waals surface area contributed by atoms with Crippen LogP contribution in [0.2, 0.25) is 0 Å². The zero-order valence-electron chi connectivity index (χ0n) is 8.79. The van der Waals surface area contributed by atoms with Gasteiger partial charge in [-0.25, -0.2) is 0 Å². The van der Waals surface area contributed by atoms with Crippen molar-refractivity contribution in [2.45, 2.75) is 32.7 Å². The first-order valence-electron chi connectivity index (χ1n) is 5.08. The van der Waals surface area contributed by atoms with Crippen molar-refractivity contribution >= 4 is 5.57 Å². The van der Waals surface area contributed by atoms with Crippen molar-refractivity contribution in [2.75, 3.05) is 0 Å². The van der Waals surface area contributed by atoms with Gasteiger partial charge in [0.1, 0.15) is 0 Å². The van der Waals surface area contributed by atoms with Gasteiger partial charge in [0.2, 0.25) is 0 Å². The van der Waals surface area contributed by atoms with E-state index in [1.54, 1.807) is 12.5 Å². The number of hydrogen-bond donors (Lipinski definition) is 1. The lowest BCUT2D eigenvalue weighted by Gasteiger charge is -2.34.